The number of aliphatic hydroxyl groups excluding tert-OH is 1. The Hall–Kier alpha value is -1.02. The summed E-state index contributed by atoms with van der Waals surface area (Å²) in [5.74, 6) is -0.138. The smallest absolute Gasteiger partial charge is 0.391 e. The van der Waals surface area contributed by atoms with E-state index < -0.39 is 20.0 Å². The van der Waals surface area contributed by atoms with Crippen LogP contribution in [0, 0.1) is 0 Å². The van der Waals surface area contributed by atoms with Gasteiger partial charge in [-0.05, 0) is 44.9 Å². The predicted molar refractivity (Wildman–Crippen MR) is 309 cm³/mol. The molecule has 0 aromatic carbocycles. The van der Waals surface area contributed by atoms with Crippen molar-refractivity contribution in [2.75, 3.05) is 40.9 Å². The fourth-order valence-corrected chi connectivity index (χ4v) is 10.3. The summed E-state index contributed by atoms with van der Waals surface area (Å²) in [4.78, 5) is 23.4. The van der Waals surface area contributed by atoms with Gasteiger partial charge in [0.1, 0.15) is 13.2 Å². The van der Waals surface area contributed by atoms with Crippen LogP contribution < -0.4 is 5.32 Å². The van der Waals surface area contributed by atoms with E-state index in [0.717, 1.165) is 44.9 Å². The summed E-state index contributed by atoms with van der Waals surface area (Å²) in [6.45, 7) is 4.92. The zero-order valence-corrected chi connectivity index (χ0v) is 49.1. The van der Waals surface area contributed by atoms with Gasteiger partial charge in [-0.1, -0.05) is 289 Å². The van der Waals surface area contributed by atoms with Crippen LogP contribution in [-0.2, 0) is 18.4 Å². The number of phosphoric ester groups is 1. The van der Waals surface area contributed by atoms with Gasteiger partial charge in [0.25, 0.3) is 0 Å². The first kappa shape index (κ1) is 70.0. The van der Waals surface area contributed by atoms with E-state index in [-0.39, 0.29) is 19.1 Å². The number of phosphoric acid groups is 1. The molecule has 71 heavy (non-hydrogen) atoms. The van der Waals surface area contributed by atoms with Crippen molar-refractivity contribution < 1.29 is 32.9 Å². The Labute approximate surface area is 443 Å². The summed E-state index contributed by atoms with van der Waals surface area (Å²) in [7, 11) is 1.63. The molecule has 1 amide bonds. The molecular formula is C62H124N2O6P+. The number of hydrogen-bond acceptors (Lipinski definition) is 5. The molecule has 0 heterocycles. The number of hydrogen-bond donors (Lipinski definition) is 3. The third kappa shape index (κ3) is 56.5. The largest absolute Gasteiger partial charge is 0.472 e. The van der Waals surface area contributed by atoms with E-state index >= 15 is 0 Å². The van der Waals surface area contributed by atoms with Gasteiger partial charge in [-0.3, -0.25) is 13.8 Å². The number of nitrogens with zero attached hydrogens (tertiary/aromatic N) is 1. The third-order valence-corrected chi connectivity index (χ3v) is 15.4. The number of carbonyl (C=O) groups excluding carboxylic acids is 1. The second-order valence-electron chi connectivity index (χ2n) is 22.8. The highest BCUT2D eigenvalue weighted by atomic mass is 31.2. The maximum absolute atomic E-state index is 13.0. The minimum Gasteiger partial charge on any atom is -0.391 e. The van der Waals surface area contributed by atoms with Gasteiger partial charge in [-0.15, -0.1) is 0 Å². The Morgan fingerprint density at radius 3 is 1.15 bits per heavy atom. The summed E-state index contributed by atoms with van der Waals surface area (Å²) < 4.78 is 23.8. The minimum absolute atomic E-state index is 0.0774. The number of amides is 1. The average molecular weight is 1020 g/mol. The normalized spacial score (nSPS) is 14.0. The second kappa shape index (κ2) is 53.8. The van der Waals surface area contributed by atoms with Crippen LogP contribution >= 0.6 is 7.82 Å². The van der Waals surface area contributed by atoms with Crippen molar-refractivity contribution >= 4 is 13.7 Å². The first-order valence-corrected chi connectivity index (χ1v) is 32.7. The van der Waals surface area contributed by atoms with Gasteiger partial charge < -0.3 is 19.8 Å². The van der Waals surface area contributed by atoms with E-state index in [9.17, 15) is 19.4 Å². The summed E-state index contributed by atoms with van der Waals surface area (Å²) in [5.41, 5.74) is 0. The first-order chi connectivity index (χ1) is 34.5. The molecule has 3 unspecified atom stereocenters. The second-order valence-corrected chi connectivity index (χ2v) is 24.2. The van der Waals surface area contributed by atoms with Crippen molar-refractivity contribution in [2.24, 2.45) is 0 Å². The van der Waals surface area contributed by atoms with Crippen molar-refractivity contribution in [1.82, 2.24) is 5.32 Å². The molecule has 0 aliphatic heterocycles. The lowest BCUT2D eigenvalue weighted by molar-refractivity contribution is -0.870. The van der Waals surface area contributed by atoms with Crippen LogP contribution in [0.3, 0.4) is 0 Å². The molecule has 0 aromatic heterocycles. The van der Waals surface area contributed by atoms with Gasteiger partial charge in [0, 0.05) is 6.42 Å². The average Bonchev–Trinajstić information content (AvgIpc) is 3.33. The van der Waals surface area contributed by atoms with Crippen LogP contribution in [0.2, 0.25) is 0 Å². The van der Waals surface area contributed by atoms with Crippen molar-refractivity contribution in [2.45, 2.75) is 328 Å². The molecule has 0 bridgehead atoms. The van der Waals surface area contributed by atoms with Crippen molar-refractivity contribution in [1.29, 1.82) is 0 Å². The highest BCUT2D eigenvalue weighted by molar-refractivity contribution is 7.47. The van der Waals surface area contributed by atoms with Crippen LogP contribution in [0.25, 0.3) is 0 Å². The van der Waals surface area contributed by atoms with Crippen molar-refractivity contribution in [3.8, 4) is 0 Å². The fraction of sp³-hybridized carbons (Fsp3) is 0.919. The third-order valence-electron chi connectivity index (χ3n) is 14.5. The Morgan fingerprint density at radius 1 is 0.479 bits per heavy atom. The molecule has 3 atom stereocenters. The Bertz CT molecular complexity index is 1210. The molecule has 0 saturated heterocycles. The molecule has 0 saturated carbocycles. The molecule has 8 nitrogen and oxygen atoms in total. The van der Waals surface area contributed by atoms with E-state index in [0.29, 0.717) is 23.9 Å². The number of allylic oxidation sites excluding steroid dienone is 4. The number of nitrogens with one attached hydrogen (secondary N) is 1. The molecule has 9 heteroatoms. The van der Waals surface area contributed by atoms with Crippen LogP contribution in [0.4, 0.5) is 0 Å². The predicted octanol–water partition coefficient (Wildman–Crippen LogP) is 19.2. The number of rotatable bonds is 58. The summed E-state index contributed by atoms with van der Waals surface area (Å²) >= 11 is 0. The standard InChI is InChI=1S/C62H123N2O6P/c1-6-8-10-12-14-16-18-20-22-24-25-26-27-28-29-30-31-32-33-34-35-36-37-38-39-40-42-44-46-48-50-52-54-56-62(66)63-60(59-70-71(67,68)69-58-57-64(3,4)5)61(65)55-53-51-49-47-45-43-41-23-21-19-17-15-13-11-9-7-2/h18,20,24-25,60-61,65H,6-17,19,21-23,26-59H2,1-5H3,(H-,63,66,67,68)/p+1/b20-18-,25-24-. The van der Waals surface area contributed by atoms with E-state index in [1.165, 1.54) is 244 Å². The minimum atomic E-state index is -4.32. The van der Waals surface area contributed by atoms with Crippen LogP contribution in [0.1, 0.15) is 316 Å². The van der Waals surface area contributed by atoms with Crippen molar-refractivity contribution in [3.63, 3.8) is 0 Å². The maximum Gasteiger partial charge on any atom is 0.472 e. The molecule has 422 valence electrons. The number of quaternary nitrogens is 1. The summed E-state index contributed by atoms with van der Waals surface area (Å²) in [6.07, 6.45) is 68.3. The lowest BCUT2D eigenvalue weighted by atomic mass is 10.0. The highest BCUT2D eigenvalue weighted by Crippen LogP contribution is 2.43. The summed E-state index contributed by atoms with van der Waals surface area (Å²) in [5, 5.41) is 14.1. The lowest BCUT2D eigenvalue weighted by Gasteiger charge is -2.26. The topological polar surface area (TPSA) is 105 Å². The van der Waals surface area contributed by atoms with Gasteiger partial charge in [0.2, 0.25) is 5.91 Å². The number of carbonyl (C=O) groups is 1. The number of unbranched alkanes of at least 4 members (excludes halogenated alkanes) is 41. The van der Waals surface area contributed by atoms with Gasteiger partial charge >= 0.3 is 7.82 Å². The van der Waals surface area contributed by atoms with Crippen molar-refractivity contribution in [3.05, 3.63) is 24.3 Å². The number of likely N-dealkylation sites (N-methyl/N-ethyl adjacent to an activating group) is 1. The lowest BCUT2D eigenvalue weighted by Crippen LogP contribution is -2.46. The van der Waals surface area contributed by atoms with Crippen LogP contribution in [-0.4, -0.2) is 73.4 Å². The zero-order valence-electron chi connectivity index (χ0n) is 48.2. The fourth-order valence-electron chi connectivity index (χ4n) is 9.55. The molecule has 0 aliphatic carbocycles. The molecule has 0 radical (unpaired) electrons. The molecule has 0 aliphatic rings. The first-order valence-electron chi connectivity index (χ1n) is 31.2. The van der Waals surface area contributed by atoms with E-state index in [4.69, 9.17) is 9.05 Å². The maximum atomic E-state index is 13.0. The molecular weight excluding hydrogens is 900 g/mol. The number of aliphatic hydroxyl groups is 1. The zero-order chi connectivity index (χ0) is 52.0. The highest BCUT2D eigenvalue weighted by Gasteiger charge is 2.28. The van der Waals surface area contributed by atoms with Gasteiger partial charge in [0.15, 0.2) is 0 Å². The van der Waals surface area contributed by atoms with Gasteiger partial charge in [-0.25, -0.2) is 4.57 Å². The Kier molecular flexibility index (Phi) is 53.0. The quantitative estimate of drug-likeness (QED) is 0.0243. The van der Waals surface area contributed by atoms with Gasteiger partial charge in [-0.2, -0.15) is 0 Å². The monoisotopic (exact) mass is 1020 g/mol. The van der Waals surface area contributed by atoms with E-state index in [2.05, 4.69) is 43.5 Å². The SMILES string of the molecule is CCCCCCC/C=C\C/C=C\CCCCCCCCCCCCCCCCCCCCCCCC(=O)NC(COP(=O)(O)OCC[N+](C)(C)C)C(O)CCCCCCCCCCCCCCCCCC. The van der Waals surface area contributed by atoms with Crippen LogP contribution in [0.5, 0.6) is 0 Å². The van der Waals surface area contributed by atoms with E-state index in [1.54, 1.807) is 0 Å². The molecule has 0 aromatic rings. The van der Waals surface area contributed by atoms with E-state index in [1.807, 2.05) is 21.1 Å². The Morgan fingerprint density at radius 2 is 0.803 bits per heavy atom. The summed E-state index contributed by atoms with van der Waals surface area (Å²) in [6, 6.07) is -0.757. The Balaban J connectivity index is 3.97. The van der Waals surface area contributed by atoms with Crippen LogP contribution in [0.15, 0.2) is 24.3 Å². The molecule has 3 N–H and O–H groups in total. The molecule has 0 rings (SSSR count). The molecule has 0 spiro atoms. The van der Waals surface area contributed by atoms with Gasteiger partial charge in [0.05, 0.1) is 39.9 Å². The molecule has 0 fully saturated rings.